The average molecular weight is 499 g/mol. The van der Waals surface area contributed by atoms with E-state index in [2.05, 4.69) is 5.32 Å². The number of nitrogens with one attached hydrogen (secondary N) is 1. The van der Waals surface area contributed by atoms with Gasteiger partial charge >= 0.3 is 0 Å². The highest BCUT2D eigenvalue weighted by molar-refractivity contribution is 7.07. The van der Waals surface area contributed by atoms with Gasteiger partial charge in [-0.05, 0) is 49.2 Å². The third kappa shape index (κ3) is 6.66. The van der Waals surface area contributed by atoms with Crippen LogP contribution in [0.1, 0.15) is 36.2 Å². The third-order valence-electron chi connectivity index (χ3n) is 5.32. The predicted octanol–water partition coefficient (Wildman–Crippen LogP) is 2.47. The molecule has 0 bridgehead atoms. The number of ketones is 1. The number of benzene rings is 2. The normalized spacial score (nSPS) is 12.9. The number of carbonyl (C=O) groups excluding carboxylic acids is 2. The summed E-state index contributed by atoms with van der Waals surface area (Å²) >= 11 is 1.08. The second-order valence-electron chi connectivity index (χ2n) is 7.88. The number of aromatic nitrogens is 1. The van der Waals surface area contributed by atoms with Crippen molar-refractivity contribution >= 4 is 35.2 Å². The molecule has 1 atom stereocenters. The molecule has 7 nitrogen and oxygen atoms in total. The number of hydrogen-bond donors (Lipinski definition) is 1. The SMILES string of the molecule is CCC(C)NC(=O)Cn1c(=O)/c(=C/c2ccc(F)cc2)s/c1=C\C(=O)c1cc(OC)cc(OC)c1. The van der Waals surface area contributed by atoms with Crippen LogP contribution in [-0.2, 0) is 11.3 Å². The van der Waals surface area contributed by atoms with Gasteiger partial charge in [0.2, 0.25) is 5.91 Å². The molecule has 9 heteroatoms. The molecule has 0 saturated carbocycles. The van der Waals surface area contributed by atoms with E-state index in [1.54, 1.807) is 36.4 Å². The molecule has 0 aliphatic rings. The smallest absolute Gasteiger partial charge is 0.269 e. The summed E-state index contributed by atoms with van der Waals surface area (Å²) in [5.74, 6) is -0.211. The first-order valence-corrected chi connectivity index (χ1v) is 11.8. The number of carbonyl (C=O) groups is 2. The van der Waals surface area contributed by atoms with E-state index < -0.39 is 5.56 Å². The maximum absolute atomic E-state index is 13.3. The van der Waals surface area contributed by atoms with Crippen molar-refractivity contribution in [3.05, 3.63) is 79.0 Å². The maximum atomic E-state index is 13.3. The van der Waals surface area contributed by atoms with Crippen LogP contribution in [0.2, 0.25) is 0 Å². The van der Waals surface area contributed by atoms with Crippen molar-refractivity contribution < 1.29 is 23.5 Å². The van der Waals surface area contributed by atoms with Gasteiger partial charge in [0.05, 0.1) is 18.8 Å². The molecular weight excluding hydrogens is 471 g/mol. The molecule has 2 aromatic carbocycles. The van der Waals surface area contributed by atoms with Crippen LogP contribution < -0.4 is 29.5 Å². The molecule has 1 unspecified atom stereocenters. The van der Waals surface area contributed by atoms with Crippen molar-refractivity contribution in [3.63, 3.8) is 0 Å². The fourth-order valence-corrected chi connectivity index (χ4v) is 4.26. The van der Waals surface area contributed by atoms with Gasteiger partial charge in [-0.2, -0.15) is 0 Å². The van der Waals surface area contributed by atoms with Crippen LogP contribution in [0.5, 0.6) is 11.5 Å². The van der Waals surface area contributed by atoms with Crippen molar-refractivity contribution in [1.29, 1.82) is 0 Å². The first-order chi connectivity index (χ1) is 16.7. The summed E-state index contributed by atoms with van der Waals surface area (Å²) in [7, 11) is 2.97. The van der Waals surface area contributed by atoms with Gasteiger partial charge in [-0.25, -0.2) is 4.39 Å². The minimum atomic E-state index is -0.416. The Morgan fingerprint density at radius 2 is 1.74 bits per heavy atom. The Hall–Kier alpha value is -3.72. The lowest BCUT2D eigenvalue weighted by Gasteiger charge is -2.11. The molecule has 0 saturated heterocycles. The minimum Gasteiger partial charge on any atom is -0.497 e. The minimum absolute atomic E-state index is 0.0552. The van der Waals surface area contributed by atoms with Gasteiger partial charge in [-0.3, -0.25) is 19.0 Å². The lowest BCUT2D eigenvalue weighted by atomic mass is 10.1. The first kappa shape index (κ1) is 25.9. The number of ether oxygens (including phenoxy) is 2. The van der Waals surface area contributed by atoms with Crippen LogP contribution in [0.3, 0.4) is 0 Å². The molecule has 1 N–H and O–H groups in total. The molecular formula is C26H27FN2O5S. The molecule has 3 rings (SSSR count). The lowest BCUT2D eigenvalue weighted by Crippen LogP contribution is -2.40. The summed E-state index contributed by atoms with van der Waals surface area (Å²) in [6.07, 6.45) is 3.66. The molecule has 3 aromatic rings. The van der Waals surface area contributed by atoms with Gasteiger partial charge in [0, 0.05) is 23.7 Å². The van der Waals surface area contributed by atoms with Crippen molar-refractivity contribution in [3.8, 4) is 11.5 Å². The number of thiazole rings is 1. The molecule has 184 valence electrons. The Morgan fingerprint density at radius 3 is 2.31 bits per heavy atom. The van der Waals surface area contributed by atoms with Crippen LogP contribution >= 0.6 is 11.3 Å². The number of Topliss-reactive ketones (excluding diaryl/α,β-unsaturated/α-hetero) is 1. The van der Waals surface area contributed by atoms with Gasteiger partial charge in [-0.15, -0.1) is 11.3 Å². The predicted molar refractivity (Wildman–Crippen MR) is 134 cm³/mol. The van der Waals surface area contributed by atoms with E-state index in [9.17, 15) is 18.8 Å². The van der Waals surface area contributed by atoms with Gasteiger partial charge < -0.3 is 14.8 Å². The Bertz CT molecular complexity index is 1370. The molecule has 1 heterocycles. The highest BCUT2D eigenvalue weighted by Gasteiger charge is 2.14. The third-order valence-corrected chi connectivity index (χ3v) is 6.38. The Labute approximate surface area is 206 Å². The van der Waals surface area contributed by atoms with E-state index in [1.807, 2.05) is 13.8 Å². The number of amides is 1. The number of nitrogens with zero attached hydrogens (tertiary/aromatic N) is 1. The van der Waals surface area contributed by atoms with Crippen molar-refractivity contribution in [2.45, 2.75) is 32.9 Å². The number of halogens is 1. The molecule has 1 amide bonds. The zero-order chi connectivity index (χ0) is 25.5. The van der Waals surface area contributed by atoms with E-state index in [4.69, 9.17) is 9.47 Å². The van der Waals surface area contributed by atoms with Crippen molar-refractivity contribution in [2.24, 2.45) is 0 Å². The molecule has 0 radical (unpaired) electrons. The van der Waals surface area contributed by atoms with Crippen LogP contribution in [0.4, 0.5) is 4.39 Å². The molecule has 0 aliphatic carbocycles. The topological polar surface area (TPSA) is 86.6 Å². The zero-order valence-electron chi connectivity index (χ0n) is 20.0. The van der Waals surface area contributed by atoms with E-state index in [0.717, 1.165) is 17.8 Å². The van der Waals surface area contributed by atoms with Crippen LogP contribution in [-0.4, -0.2) is 36.5 Å². The second-order valence-corrected chi connectivity index (χ2v) is 8.94. The van der Waals surface area contributed by atoms with E-state index >= 15 is 0 Å². The maximum Gasteiger partial charge on any atom is 0.269 e. The standard InChI is InChI=1S/C26H27FN2O5S/c1-5-16(2)28-24(31)15-29-25(14-22(30)18-11-20(33-3)13-21(12-18)34-4)35-23(26(29)32)10-17-6-8-19(27)9-7-17/h6-14,16H,5,15H2,1-4H3,(H,28,31)/b23-10-,25-14-. The molecule has 0 fully saturated rings. The Kier molecular flexibility index (Phi) is 8.59. The summed E-state index contributed by atoms with van der Waals surface area (Å²) in [5.41, 5.74) is 0.513. The quantitative estimate of drug-likeness (QED) is 0.458. The van der Waals surface area contributed by atoms with E-state index in [0.29, 0.717) is 31.8 Å². The first-order valence-electron chi connectivity index (χ1n) is 11.0. The highest BCUT2D eigenvalue weighted by atomic mass is 32.1. The van der Waals surface area contributed by atoms with Crippen LogP contribution in [0, 0.1) is 5.82 Å². The number of rotatable bonds is 9. The van der Waals surface area contributed by atoms with Crippen LogP contribution in [0.25, 0.3) is 12.2 Å². The monoisotopic (exact) mass is 498 g/mol. The Morgan fingerprint density at radius 1 is 1.11 bits per heavy atom. The van der Waals surface area contributed by atoms with Gasteiger partial charge in [0.1, 0.15) is 28.5 Å². The largest absolute Gasteiger partial charge is 0.497 e. The summed E-state index contributed by atoms with van der Waals surface area (Å²) in [6, 6.07) is 10.4. The summed E-state index contributed by atoms with van der Waals surface area (Å²) in [5, 5.41) is 2.84. The highest BCUT2D eigenvalue weighted by Crippen LogP contribution is 2.23. The van der Waals surface area contributed by atoms with Gasteiger partial charge in [0.15, 0.2) is 5.78 Å². The summed E-state index contributed by atoms with van der Waals surface area (Å²) in [6.45, 7) is 3.57. The van der Waals surface area contributed by atoms with Gasteiger partial charge in [-0.1, -0.05) is 19.1 Å². The molecule has 0 spiro atoms. The average Bonchev–Trinajstić information content (AvgIpc) is 3.13. The molecule has 0 aliphatic heterocycles. The summed E-state index contributed by atoms with van der Waals surface area (Å²) in [4.78, 5) is 38.9. The van der Waals surface area contributed by atoms with Gasteiger partial charge in [0.25, 0.3) is 5.56 Å². The second kappa shape index (κ2) is 11.6. The van der Waals surface area contributed by atoms with E-state index in [1.165, 1.54) is 37.0 Å². The van der Waals surface area contributed by atoms with Crippen LogP contribution in [0.15, 0.2) is 47.3 Å². The fourth-order valence-electron chi connectivity index (χ4n) is 3.21. The molecule has 1 aromatic heterocycles. The number of hydrogen-bond acceptors (Lipinski definition) is 6. The van der Waals surface area contributed by atoms with E-state index in [-0.39, 0.29) is 30.1 Å². The molecule has 35 heavy (non-hydrogen) atoms. The number of methoxy groups -OCH3 is 2. The summed E-state index contributed by atoms with van der Waals surface area (Å²) < 4.78 is 25.7. The van der Waals surface area contributed by atoms with Crippen molar-refractivity contribution in [2.75, 3.05) is 14.2 Å². The van der Waals surface area contributed by atoms with Crippen molar-refractivity contribution in [1.82, 2.24) is 9.88 Å². The fraction of sp³-hybridized carbons (Fsp3) is 0.269. The Balaban J connectivity index is 2.11. The zero-order valence-corrected chi connectivity index (χ0v) is 20.8. The lowest BCUT2D eigenvalue weighted by molar-refractivity contribution is -0.122.